The Hall–Kier alpha value is -2.29. The van der Waals surface area contributed by atoms with E-state index in [9.17, 15) is 18.0 Å². The Labute approximate surface area is 153 Å². The molecule has 0 radical (unpaired) electrons. The maximum Gasteiger partial charge on any atom is 0.418 e. The second-order valence-corrected chi connectivity index (χ2v) is 6.35. The van der Waals surface area contributed by atoms with Crippen LogP contribution in [0.25, 0.3) is 0 Å². The Balaban J connectivity index is 1.97. The topological polar surface area (TPSA) is 66.9 Å². The lowest BCUT2D eigenvalue weighted by molar-refractivity contribution is -0.137. The summed E-state index contributed by atoms with van der Waals surface area (Å²) in [6.07, 6.45) is -2.11. The van der Waals surface area contributed by atoms with Gasteiger partial charge < -0.3 is 0 Å². The number of rotatable bonds is 6. The van der Waals surface area contributed by atoms with Crippen LogP contribution in [0.4, 0.5) is 18.9 Å². The number of hydrogen-bond acceptors (Lipinski definition) is 5. The maximum atomic E-state index is 12.9. The number of carbonyl (C=O) groups excluding carboxylic acids is 1. The second-order valence-electron chi connectivity index (χ2n) is 5.58. The van der Waals surface area contributed by atoms with Gasteiger partial charge in [0, 0.05) is 17.8 Å². The predicted octanol–water partition coefficient (Wildman–Crippen LogP) is 3.91. The number of nitrogens with zero attached hydrogens (tertiary/aromatic N) is 2. The zero-order chi connectivity index (χ0) is 19.3. The first-order valence-electron chi connectivity index (χ1n) is 7.81. The van der Waals surface area contributed by atoms with E-state index in [1.54, 1.807) is 0 Å². The molecule has 0 fully saturated rings. The number of halogens is 3. The number of thioether (sulfide) groups is 1. The van der Waals surface area contributed by atoms with Crippen LogP contribution in [0.2, 0.25) is 0 Å². The Kier molecular flexibility index (Phi) is 6.47. The number of carbonyl (C=O) groups is 1. The van der Waals surface area contributed by atoms with Gasteiger partial charge in [0.25, 0.3) is 0 Å². The Morgan fingerprint density at radius 2 is 1.77 bits per heavy atom. The van der Waals surface area contributed by atoms with Crippen LogP contribution in [-0.2, 0) is 17.4 Å². The third-order valence-corrected chi connectivity index (χ3v) is 4.30. The first kappa shape index (κ1) is 20.0. The summed E-state index contributed by atoms with van der Waals surface area (Å²) < 4.78 is 38.8. The fraction of sp³-hybridized carbons (Fsp3) is 0.353. The predicted molar refractivity (Wildman–Crippen MR) is 94.8 cm³/mol. The molecular formula is C17H19F3N4OS. The SMILES string of the molecule is CSc1nc(C)c(CCC(=O)NNc2ccccc2C(F)(F)F)c(C)n1. The molecule has 2 N–H and O–H groups in total. The van der Waals surface area contributed by atoms with Gasteiger partial charge in [-0.3, -0.25) is 15.6 Å². The van der Waals surface area contributed by atoms with Gasteiger partial charge in [-0.05, 0) is 44.2 Å². The Morgan fingerprint density at radius 1 is 1.15 bits per heavy atom. The first-order valence-corrected chi connectivity index (χ1v) is 9.04. The van der Waals surface area contributed by atoms with Crippen LogP contribution < -0.4 is 10.9 Å². The number of para-hydroxylation sites is 1. The standard InChI is InChI=1S/C17H19F3N4OS/c1-10-12(11(2)22-16(21-10)26-3)8-9-15(25)24-23-14-7-5-4-6-13(14)17(18,19)20/h4-7,23H,8-9H2,1-3H3,(H,24,25). The molecule has 0 aliphatic heterocycles. The molecular weight excluding hydrogens is 365 g/mol. The number of hydrazine groups is 1. The Morgan fingerprint density at radius 3 is 2.35 bits per heavy atom. The highest BCUT2D eigenvalue weighted by atomic mass is 32.2. The molecule has 1 heterocycles. The van der Waals surface area contributed by atoms with E-state index in [4.69, 9.17) is 0 Å². The lowest BCUT2D eigenvalue weighted by Crippen LogP contribution is -2.30. The molecule has 0 saturated carbocycles. The van der Waals surface area contributed by atoms with Gasteiger partial charge in [-0.25, -0.2) is 9.97 Å². The van der Waals surface area contributed by atoms with Crippen molar-refractivity contribution in [1.82, 2.24) is 15.4 Å². The number of nitrogens with one attached hydrogen (secondary N) is 2. The number of alkyl halides is 3. The molecule has 140 valence electrons. The minimum absolute atomic E-state index is 0.102. The number of benzene rings is 1. The zero-order valence-electron chi connectivity index (χ0n) is 14.6. The second kappa shape index (κ2) is 8.39. The van der Waals surface area contributed by atoms with Gasteiger partial charge in [0.1, 0.15) is 0 Å². The summed E-state index contributed by atoms with van der Waals surface area (Å²) in [7, 11) is 0. The molecule has 26 heavy (non-hydrogen) atoms. The average Bonchev–Trinajstić information content (AvgIpc) is 2.58. The Bertz CT molecular complexity index is 773. The monoisotopic (exact) mass is 384 g/mol. The van der Waals surface area contributed by atoms with Gasteiger partial charge in [0.05, 0.1) is 11.3 Å². The van der Waals surface area contributed by atoms with Crippen molar-refractivity contribution in [3.05, 3.63) is 46.8 Å². The number of amides is 1. The molecule has 5 nitrogen and oxygen atoms in total. The van der Waals surface area contributed by atoms with Gasteiger partial charge in [-0.1, -0.05) is 23.9 Å². The van der Waals surface area contributed by atoms with Crippen LogP contribution in [0.1, 0.15) is 28.9 Å². The third-order valence-electron chi connectivity index (χ3n) is 3.75. The smallest absolute Gasteiger partial charge is 0.298 e. The van der Waals surface area contributed by atoms with Crippen LogP contribution in [-0.4, -0.2) is 22.1 Å². The number of aryl methyl sites for hydroxylation is 2. The molecule has 1 amide bonds. The van der Waals surface area contributed by atoms with Crippen LogP contribution >= 0.6 is 11.8 Å². The first-order chi connectivity index (χ1) is 12.2. The van der Waals surface area contributed by atoms with E-state index < -0.39 is 17.6 Å². The summed E-state index contributed by atoms with van der Waals surface area (Å²) >= 11 is 1.44. The van der Waals surface area contributed by atoms with E-state index in [-0.39, 0.29) is 12.1 Å². The average molecular weight is 384 g/mol. The van der Waals surface area contributed by atoms with Gasteiger partial charge in [0.15, 0.2) is 5.16 Å². The van der Waals surface area contributed by atoms with Gasteiger partial charge in [-0.15, -0.1) is 0 Å². The molecule has 2 aromatic rings. The van der Waals surface area contributed by atoms with Crippen LogP contribution in [0.3, 0.4) is 0 Å². The van der Waals surface area contributed by atoms with E-state index in [1.165, 1.54) is 30.0 Å². The van der Waals surface area contributed by atoms with Crippen molar-refractivity contribution in [1.29, 1.82) is 0 Å². The molecule has 0 unspecified atom stereocenters. The van der Waals surface area contributed by atoms with Crippen molar-refractivity contribution < 1.29 is 18.0 Å². The minimum atomic E-state index is -4.50. The highest BCUT2D eigenvalue weighted by molar-refractivity contribution is 7.98. The number of anilines is 1. The molecule has 0 saturated heterocycles. The fourth-order valence-corrected chi connectivity index (χ4v) is 2.90. The highest BCUT2D eigenvalue weighted by Gasteiger charge is 2.33. The van der Waals surface area contributed by atoms with Crippen molar-refractivity contribution in [3.63, 3.8) is 0 Å². The molecule has 0 bridgehead atoms. The molecule has 0 aliphatic rings. The minimum Gasteiger partial charge on any atom is -0.298 e. The quantitative estimate of drug-likeness (QED) is 0.449. The molecule has 9 heteroatoms. The van der Waals surface area contributed by atoms with Crippen LogP contribution in [0, 0.1) is 13.8 Å². The summed E-state index contributed by atoms with van der Waals surface area (Å²) in [4.78, 5) is 20.7. The number of hydrogen-bond donors (Lipinski definition) is 2. The lowest BCUT2D eigenvalue weighted by Gasteiger charge is -2.15. The molecule has 1 aromatic carbocycles. The molecule has 0 atom stereocenters. The molecule has 1 aromatic heterocycles. The van der Waals surface area contributed by atoms with E-state index >= 15 is 0 Å². The molecule has 0 aliphatic carbocycles. The van der Waals surface area contributed by atoms with E-state index in [1.807, 2.05) is 20.1 Å². The summed E-state index contributed by atoms with van der Waals surface area (Å²) in [5, 5.41) is 0.665. The van der Waals surface area contributed by atoms with Crippen molar-refractivity contribution >= 4 is 23.4 Å². The van der Waals surface area contributed by atoms with Crippen LogP contribution in [0.15, 0.2) is 29.4 Å². The van der Waals surface area contributed by atoms with E-state index in [0.717, 1.165) is 23.0 Å². The van der Waals surface area contributed by atoms with Crippen molar-refractivity contribution in [2.45, 2.75) is 38.0 Å². The van der Waals surface area contributed by atoms with Crippen molar-refractivity contribution in [2.24, 2.45) is 0 Å². The third kappa shape index (κ3) is 5.10. The highest BCUT2D eigenvalue weighted by Crippen LogP contribution is 2.34. The van der Waals surface area contributed by atoms with Crippen molar-refractivity contribution in [2.75, 3.05) is 11.7 Å². The summed E-state index contributed by atoms with van der Waals surface area (Å²) in [6, 6.07) is 4.96. The zero-order valence-corrected chi connectivity index (χ0v) is 15.4. The largest absolute Gasteiger partial charge is 0.418 e. The lowest BCUT2D eigenvalue weighted by atomic mass is 10.1. The number of aromatic nitrogens is 2. The van der Waals surface area contributed by atoms with Crippen molar-refractivity contribution in [3.8, 4) is 0 Å². The van der Waals surface area contributed by atoms with E-state index in [0.29, 0.717) is 11.6 Å². The fourth-order valence-electron chi connectivity index (χ4n) is 2.44. The van der Waals surface area contributed by atoms with Gasteiger partial charge in [0.2, 0.25) is 5.91 Å². The van der Waals surface area contributed by atoms with Crippen LogP contribution in [0.5, 0.6) is 0 Å². The summed E-state index contributed by atoms with van der Waals surface area (Å²) in [5.74, 6) is -0.422. The maximum absolute atomic E-state index is 12.9. The summed E-state index contributed by atoms with van der Waals surface area (Å²) in [5.41, 5.74) is 6.08. The van der Waals surface area contributed by atoms with Gasteiger partial charge >= 0.3 is 6.18 Å². The van der Waals surface area contributed by atoms with Gasteiger partial charge in [-0.2, -0.15) is 13.2 Å². The molecule has 2 rings (SSSR count). The molecule has 0 spiro atoms. The normalized spacial score (nSPS) is 11.3. The van der Waals surface area contributed by atoms with E-state index in [2.05, 4.69) is 20.8 Å². The summed E-state index contributed by atoms with van der Waals surface area (Å²) in [6.45, 7) is 3.69.